The zero-order valence-corrected chi connectivity index (χ0v) is 22.0. The smallest absolute Gasteiger partial charge is 0.416 e. The maximum Gasteiger partial charge on any atom is 0.416 e. The number of aliphatic imine (C=N–C) groups is 1. The summed E-state index contributed by atoms with van der Waals surface area (Å²) in [4.78, 5) is 21.9. The van der Waals surface area contributed by atoms with Crippen LogP contribution in [0.1, 0.15) is 43.5 Å². The number of alkyl halides is 3. The van der Waals surface area contributed by atoms with Crippen LogP contribution in [0, 0.1) is 11.3 Å². The molecule has 0 bridgehead atoms. The lowest BCUT2D eigenvalue weighted by atomic mass is 9.95. The SMILES string of the molecule is CCN(CC)CCOC(=O)C1=C(C)N(c2cccc(C(F)(F)F)c2)C(SC)=NC1c1ccc(C#N)cc1. The quantitative estimate of drug-likeness (QED) is 0.389. The highest BCUT2D eigenvalue weighted by molar-refractivity contribution is 8.13. The number of benzene rings is 2. The van der Waals surface area contributed by atoms with Crippen LogP contribution in [0.25, 0.3) is 0 Å². The molecule has 6 nitrogen and oxygen atoms in total. The van der Waals surface area contributed by atoms with Gasteiger partial charge in [-0.3, -0.25) is 4.90 Å². The molecule has 1 unspecified atom stereocenters. The summed E-state index contributed by atoms with van der Waals surface area (Å²) in [6.45, 7) is 8.08. The van der Waals surface area contributed by atoms with Crippen LogP contribution in [0.5, 0.6) is 0 Å². The Hall–Kier alpha value is -3.29. The highest BCUT2D eigenvalue weighted by atomic mass is 32.2. The first-order chi connectivity index (χ1) is 17.6. The fourth-order valence-corrected chi connectivity index (χ4v) is 4.73. The van der Waals surface area contributed by atoms with Gasteiger partial charge >= 0.3 is 12.1 Å². The van der Waals surface area contributed by atoms with Crippen LogP contribution in [0.15, 0.2) is 64.8 Å². The fraction of sp³-hybridized carbons (Fsp3) is 0.370. The maximum absolute atomic E-state index is 13.5. The number of nitrogens with zero attached hydrogens (tertiary/aromatic N) is 4. The highest BCUT2D eigenvalue weighted by Gasteiger charge is 2.36. The molecule has 0 saturated carbocycles. The number of amidine groups is 1. The van der Waals surface area contributed by atoms with Crippen molar-refractivity contribution in [2.24, 2.45) is 4.99 Å². The predicted molar refractivity (Wildman–Crippen MR) is 140 cm³/mol. The Morgan fingerprint density at radius 2 is 1.86 bits per heavy atom. The predicted octanol–water partition coefficient (Wildman–Crippen LogP) is 6.02. The Balaban J connectivity index is 2.08. The number of anilines is 1. The first-order valence-corrected chi connectivity index (χ1v) is 13.1. The van der Waals surface area contributed by atoms with E-state index in [9.17, 15) is 18.0 Å². The normalized spacial score (nSPS) is 16.0. The minimum absolute atomic E-state index is 0.167. The molecule has 3 rings (SSSR count). The summed E-state index contributed by atoms with van der Waals surface area (Å²) in [6, 6.07) is 13.0. The van der Waals surface area contributed by atoms with E-state index in [1.165, 1.54) is 17.8 Å². The van der Waals surface area contributed by atoms with Crippen molar-refractivity contribution in [3.63, 3.8) is 0 Å². The average Bonchev–Trinajstić information content (AvgIpc) is 2.90. The molecule has 37 heavy (non-hydrogen) atoms. The number of carbonyl (C=O) groups excluding carboxylic acids is 1. The lowest BCUT2D eigenvalue weighted by Gasteiger charge is -2.34. The van der Waals surface area contributed by atoms with E-state index in [0.717, 1.165) is 25.2 Å². The Morgan fingerprint density at radius 3 is 2.43 bits per heavy atom. The second-order valence-electron chi connectivity index (χ2n) is 8.30. The number of ether oxygens (including phenoxy) is 1. The van der Waals surface area contributed by atoms with Gasteiger partial charge in [0.05, 0.1) is 22.8 Å². The third-order valence-electron chi connectivity index (χ3n) is 6.15. The van der Waals surface area contributed by atoms with E-state index in [2.05, 4.69) is 11.0 Å². The van der Waals surface area contributed by atoms with Crippen LogP contribution in [0.3, 0.4) is 0 Å². The van der Waals surface area contributed by atoms with Gasteiger partial charge in [-0.1, -0.05) is 43.8 Å². The van der Waals surface area contributed by atoms with Crippen LogP contribution >= 0.6 is 11.8 Å². The number of allylic oxidation sites excluding steroid dienone is 1. The number of nitriles is 1. The summed E-state index contributed by atoms with van der Waals surface area (Å²) in [5.74, 6) is -0.583. The molecule has 1 heterocycles. The Labute approximate surface area is 219 Å². The van der Waals surface area contributed by atoms with Gasteiger partial charge in [0.25, 0.3) is 0 Å². The number of esters is 1. The van der Waals surface area contributed by atoms with Gasteiger partial charge in [0.15, 0.2) is 5.17 Å². The molecule has 0 spiro atoms. The van der Waals surface area contributed by atoms with E-state index in [-0.39, 0.29) is 17.9 Å². The average molecular weight is 531 g/mol. The molecule has 1 aliphatic rings. The minimum atomic E-state index is -4.52. The molecule has 0 N–H and O–H groups in total. The highest BCUT2D eigenvalue weighted by Crippen LogP contribution is 2.40. The van der Waals surface area contributed by atoms with Crippen molar-refractivity contribution in [1.82, 2.24) is 4.90 Å². The molecule has 10 heteroatoms. The molecule has 0 fully saturated rings. The van der Waals surface area contributed by atoms with Gasteiger partial charge in [0, 0.05) is 17.9 Å². The van der Waals surface area contributed by atoms with E-state index in [4.69, 9.17) is 15.0 Å². The lowest BCUT2D eigenvalue weighted by Crippen LogP contribution is -2.36. The number of hydrogen-bond acceptors (Lipinski definition) is 7. The van der Waals surface area contributed by atoms with E-state index in [0.29, 0.717) is 28.5 Å². The second kappa shape index (κ2) is 12.3. The Kier molecular flexibility index (Phi) is 9.40. The lowest BCUT2D eigenvalue weighted by molar-refractivity contribution is -0.140. The summed E-state index contributed by atoms with van der Waals surface area (Å²) in [5, 5.41) is 9.61. The zero-order chi connectivity index (χ0) is 27.2. The van der Waals surface area contributed by atoms with Crippen LogP contribution in [-0.2, 0) is 15.7 Å². The summed E-state index contributed by atoms with van der Waals surface area (Å²) in [6.07, 6.45) is -2.74. The summed E-state index contributed by atoms with van der Waals surface area (Å²) >= 11 is 1.26. The van der Waals surface area contributed by atoms with Gasteiger partial charge in [-0.05, 0) is 62.2 Å². The van der Waals surface area contributed by atoms with Crippen molar-refractivity contribution in [3.8, 4) is 6.07 Å². The van der Waals surface area contributed by atoms with Crippen LogP contribution < -0.4 is 4.90 Å². The summed E-state index contributed by atoms with van der Waals surface area (Å²) in [7, 11) is 0. The zero-order valence-electron chi connectivity index (χ0n) is 21.2. The topological polar surface area (TPSA) is 68.9 Å². The maximum atomic E-state index is 13.5. The number of carbonyl (C=O) groups is 1. The molecule has 1 aliphatic heterocycles. The molecule has 2 aromatic carbocycles. The number of rotatable bonds is 8. The van der Waals surface area contributed by atoms with E-state index in [1.807, 2.05) is 13.8 Å². The largest absolute Gasteiger partial charge is 0.461 e. The second-order valence-corrected chi connectivity index (χ2v) is 9.07. The van der Waals surface area contributed by atoms with Gasteiger partial charge < -0.3 is 9.64 Å². The molecular formula is C27H29F3N4O2S. The van der Waals surface area contributed by atoms with Crippen molar-refractivity contribution in [3.05, 3.63) is 76.5 Å². The van der Waals surface area contributed by atoms with E-state index in [1.54, 1.807) is 48.4 Å². The third-order valence-corrected chi connectivity index (χ3v) is 6.81. The summed E-state index contributed by atoms with van der Waals surface area (Å²) < 4.78 is 46.0. The number of hydrogen-bond donors (Lipinski definition) is 0. The van der Waals surface area contributed by atoms with Crippen molar-refractivity contribution in [1.29, 1.82) is 5.26 Å². The van der Waals surface area contributed by atoms with Gasteiger partial charge in [-0.2, -0.15) is 18.4 Å². The molecule has 0 saturated heterocycles. The number of halogens is 3. The van der Waals surface area contributed by atoms with E-state index < -0.39 is 23.8 Å². The van der Waals surface area contributed by atoms with Gasteiger partial charge in [0.2, 0.25) is 0 Å². The van der Waals surface area contributed by atoms with Crippen molar-refractivity contribution in [2.75, 3.05) is 37.4 Å². The molecule has 0 amide bonds. The van der Waals surface area contributed by atoms with Crippen LogP contribution in [0.2, 0.25) is 0 Å². The standard InChI is InChI=1S/C27H29F3N4O2S/c1-5-33(6-2)14-15-36-25(35)23-18(3)34(22-9-7-8-21(16-22)27(28,29)30)26(37-4)32-24(23)20-12-10-19(17-31)11-13-20/h7-13,16,24H,5-6,14-15H2,1-4H3. The summed E-state index contributed by atoms with van der Waals surface area (Å²) in [5.41, 5.74) is 1.25. The molecule has 1 atom stereocenters. The van der Waals surface area contributed by atoms with Crippen molar-refractivity contribution >= 4 is 28.6 Å². The molecular weight excluding hydrogens is 501 g/mol. The number of thioether (sulfide) groups is 1. The van der Waals surface area contributed by atoms with Gasteiger partial charge in [0.1, 0.15) is 12.6 Å². The van der Waals surface area contributed by atoms with Crippen molar-refractivity contribution < 1.29 is 22.7 Å². The Morgan fingerprint density at radius 1 is 1.19 bits per heavy atom. The third kappa shape index (κ3) is 6.53. The first-order valence-electron chi connectivity index (χ1n) is 11.8. The fourth-order valence-electron chi connectivity index (χ4n) is 4.09. The van der Waals surface area contributed by atoms with Gasteiger partial charge in [-0.15, -0.1) is 0 Å². The molecule has 196 valence electrons. The van der Waals surface area contributed by atoms with Crippen molar-refractivity contribution in [2.45, 2.75) is 33.0 Å². The molecule has 0 aromatic heterocycles. The molecule has 0 aliphatic carbocycles. The van der Waals surface area contributed by atoms with Gasteiger partial charge in [-0.25, -0.2) is 9.79 Å². The molecule has 2 aromatic rings. The number of likely N-dealkylation sites (N-methyl/N-ethyl adjacent to an activating group) is 1. The van der Waals surface area contributed by atoms with Crippen LogP contribution in [-0.4, -0.2) is 48.5 Å². The minimum Gasteiger partial charge on any atom is -0.461 e. The molecule has 0 radical (unpaired) electrons. The van der Waals surface area contributed by atoms with Crippen LogP contribution in [0.4, 0.5) is 18.9 Å². The Bertz CT molecular complexity index is 1220. The monoisotopic (exact) mass is 530 g/mol. The van der Waals surface area contributed by atoms with E-state index >= 15 is 0 Å². The first kappa shape index (κ1) is 28.3.